The highest BCUT2D eigenvalue weighted by Gasteiger charge is 2.30. The van der Waals surface area contributed by atoms with Crippen LogP contribution >= 0.6 is 0 Å². The normalized spacial score (nSPS) is 16.3. The molecular formula is C18H20N2O7. The summed E-state index contributed by atoms with van der Waals surface area (Å²) in [7, 11) is 1.47. The largest absolute Gasteiger partial charge is 0.618 e. The first-order valence-electron chi connectivity index (χ1n) is 8.60. The van der Waals surface area contributed by atoms with Gasteiger partial charge in [0, 0.05) is 6.61 Å². The summed E-state index contributed by atoms with van der Waals surface area (Å²) < 4.78 is 21.0. The average molecular weight is 376 g/mol. The van der Waals surface area contributed by atoms with Gasteiger partial charge in [0.25, 0.3) is 0 Å². The van der Waals surface area contributed by atoms with E-state index in [0.29, 0.717) is 29.0 Å². The predicted molar refractivity (Wildman–Crippen MR) is 92.0 cm³/mol. The van der Waals surface area contributed by atoms with Gasteiger partial charge in [0.15, 0.2) is 11.8 Å². The van der Waals surface area contributed by atoms with Crippen molar-refractivity contribution in [2.45, 2.75) is 32.5 Å². The third-order valence-electron chi connectivity index (χ3n) is 4.15. The van der Waals surface area contributed by atoms with Crippen LogP contribution in [0.25, 0.3) is 11.0 Å². The minimum absolute atomic E-state index is 0.0208. The molecule has 1 aromatic carbocycles. The van der Waals surface area contributed by atoms with Crippen LogP contribution in [0.15, 0.2) is 18.2 Å². The lowest BCUT2D eigenvalue weighted by molar-refractivity contribution is -0.581. The molecule has 1 saturated heterocycles. The van der Waals surface area contributed by atoms with Gasteiger partial charge in [0.2, 0.25) is 5.52 Å². The van der Waals surface area contributed by atoms with E-state index in [2.05, 4.69) is 4.98 Å². The summed E-state index contributed by atoms with van der Waals surface area (Å²) in [5.74, 6) is -0.939. The molecule has 0 radical (unpaired) electrons. The van der Waals surface area contributed by atoms with Crippen LogP contribution < -0.4 is 9.47 Å². The molecule has 1 aromatic heterocycles. The number of hydrogen-bond donors (Lipinski definition) is 0. The number of carbonyl (C=O) groups is 2. The maximum absolute atomic E-state index is 12.8. The second-order valence-electron chi connectivity index (χ2n) is 5.89. The molecular weight excluding hydrogens is 356 g/mol. The van der Waals surface area contributed by atoms with Gasteiger partial charge in [-0.15, -0.1) is 0 Å². The van der Waals surface area contributed by atoms with Crippen molar-refractivity contribution in [2.24, 2.45) is 0 Å². The Kier molecular flexibility index (Phi) is 5.70. The van der Waals surface area contributed by atoms with Gasteiger partial charge in [-0.1, -0.05) is 0 Å². The van der Waals surface area contributed by atoms with E-state index in [1.54, 1.807) is 19.1 Å². The molecule has 144 valence electrons. The first-order valence-corrected chi connectivity index (χ1v) is 8.60. The first-order chi connectivity index (χ1) is 13.0. The van der Waals surface area contributed by atoms with Crippen molar-refractivity contribution in [1.29, 1.82) is 0 Å². The lowest BCUT2D eigenvalue weighted by Crippen LogP contribution is -2.39. The molecule has 0 bridgehead atoms. The molecule has 0 amide bonds. The van der Waals surface area contributed by atoms with Crippen LogP contribution in [0.3, 0.4) is 0 Å². The Bertz CT molecular complexity index is 862. The smallest absolute Gasteiger partial charge is 0.407 e. The second kappa shape index (κ2) is 8.17. The molecule has 0 N–H and O–H groups in total. The second-order valence-corrected chi connectivity index (χ2v) is 5.89. The number of ether oxygens (including phenoxy) is 4. The Labute approximate surface area is 155 Å². The van der Waals surface area contributed by atoms with Gasteiger partial charge in [0.05, 0.1) is 19.8 Å². The number of hydrogen-bond acceptors (Lipinski definition) is 8. The van der Waals surface area contributed by atoms with Gasteiger partial charge in [-0.3, -0.25) is 0 Å². The van der Waals surface area contributed by atoms with Crippen molar-refractivity contribution in [3.05, 3.63) is 34.8 Å². The van der Waals surface area contributed by atoms with E-state index in [-0.39, 0.29) is 30.1 Å². The first kappa shape index (κ1) is 18.8. The van der Waals surface area contributed by atoms with Gasteiger partial charge < -0.3 is 24.2 Å². The van der Waals surface area contributed by atoms with Crippen molar-refractivity contribution in [3.8, 4) is 5.75 Å². The summed E-state index contributed by atoms with van der Waals surface area (Å²) in [6.07, 6.45) is 0.737. The van der Waals surface area contributed by atoms with Crippen LogP contribution in [0.5, 0.6) is 5.75 Å². The molecule has 9 nitrogen and oxygen atoms in total. The molecule has 3 rings (SSSR count). The fraction of sp³-hybridized carbons (Fsp3) is 0.444. The zero-order valence-corrected chi connectivity index (χ0v) is 15.1. The Morgan fingerprint density at radius 2 is 2.19 bits per heavy atom. The highest BCUT2D eigenvalue weighted by molar-refractivity contribution is 5.88. The zero-order chi connectivity index (χ0) is 19.4. The third-order valence-corrected chi connectivity index (χ3v) is 4.15. The van der Waals surface area contributed by atoms with E-state index in [1.165, 1.54) is 13.2 Å². The maximum Gasteiger partial charge on any atom is 0.407 e. The number of nitrogens with zero attached hydrogens (tertiary/aromatic N) is 2. The number of esters is 2. The Balaban J connectivity index is 1.97. The number of benzene rings is 1. The number of rotatable bonds is 6. The summed E-state index contributed by atoms with van der Waals surface area (Å²) >= 11 is 0. The van der Waals surface area contributed by atoms with Crippen molar-refractivity contribution in [2.75, 3.05) is 20.3 Å². The molecule has 1 aliphatic rings. The fourth-order valence-corrected chi connectivity index (χ4v) is 2.82. The summed E-state index contributed by atoms with van der Waals surface area (Å²) in [5, 5.41) is 12.8. The van der Waals surface area contributed by atoms with E-state index < -0.39 is 18.0 Å². The lowest BCUT2D eigenvalue weighted by atomic mass is 10.2. The Hall–Kier alpha value is -2.94. The van der Waals surface area contributed by atoms with Gasteiger partial charge in [-0.25, -0.2) is 14.6 Å². The molecule has 0 saturated carbocycles. The number of methoxy groups -OCH3 is 1. The zero-order valence-electron chi connectivity index (χ0n) is 15.1. The molecule has 1 fully saturated rings. The van der Waals surface area contributed by atoms with Crippen molar-refractivity contribution < 1.29 is 33.3 Å². The number of aromatic nitrogens is 2. The summed E-state index contributed by atoms with van der Waals surface area (Å²) in [4.78, 5) is 28.7. The highest BCUT2D eigenvalue weighted by Crippen LogP contribution is 2.20. The molecule has 1 aliphatic heterocycles. The monoisotopic (exact) mass is 376 g/mol. The molecule has 9 heteroatoms. The molecule has 1 atom stereocenters. The van der Waals surface area contributed by atoms with Gasteiger partial charge in [-0.05, 0) is 31.9 Å². The summed E-state index contributed by atoms with van der Waals surface area (Å²) in [6, 6.07) is 4.70. The topological polar surface area (TPSA) is 111 Å². The van der Waals surface area contributed by atoms with Crippen LogP contribution in [0.1, 0.15) is 35.9 Å². The van der Waals surface area contributed by atoms with Gasteiger partial charge >= 0.3 is 17.6 Å². The molecule has 2 aromatic rings. The number of carbonyl (C=O) groups excluding carboxylic acids is 2. The van der Waals surface area contributed by atoms with E-state index in [0.717, 1.165) is 6.42 Å². The standard InChI is InChI=1S/C18H20N2O7/c1-3-25-18(22)16-13(10-27-17(21)15-5-4-8-26-15)19-12-7-6-11(24-2)9-14(12)20(16)23/h6-7,9,15H,3-5,8,10H2,1-2H3. The molecule has 0 spiro atoms. The van der Waals surface area contributed by atoms with Gasteiger partial charge in [-0.2, -0.15) is 4.73 Å². The van der Waals surface area contributed by atoms with E-state index in [1.807, 2.05) is 0 Å². The fourth-order valence-electron chi connectivity index (χ4n) is 2.82. The van der Waals surface area contributed by atoms with Gasteiger partial charge in [0.1, 0.15) is 17.9 Å². The molecule has 2 heterocycles. The average Bonchev–Trinajstić information content (AvgIpc) is 3.21. The highest BCUT2D eigenvalue weighted by atomic mass is 16.6. The minimum Gasteiger partial charge on any atom is -0.618 e. The van der Waals surface area contributed by atoms with E-state index in [9.17, 15) is 14.8 Å². The van der Waals surface area contributed by atoms with E-state index >= 15 is 0 Å². The molecule has 27 heavy (non-hydrogen) atoms. The summed E-state index contributed by atoms with van der Waals surface area (Å²) in [5.41, 5.74) is 0.179. The van der Waals surface area contributed by atoms with Crippen LogP contribution in [-0.4, -0.2) is 43.4 Å². The minimum atomic E-state index is -0.840. The molecule has 1 unspecified atom stereocenters. The quantitative estimate of drug-likeness (QED) is 0.421. The number of fused-ring (bicyclic) bond motifs is 1. The Morgan fingerprint density at radius 3 is 2.85 bits per heavy atom. The SMILES string of the molecule is CCOC(=O)c1c(COC(=O)C2CCCO2)nc2ccc(OC)cc2[n+]1[O-]. The van der Waals surface area contributed by atoms with Crippen LogP contribution in [0.2, 0.25) is 0 Å². The Morgan fingerprint density at radius 1 is 1.37 bits per heavy atom. The predicted octanol–water partition coefficient (Wildman–Crippen LogP) is 1.28. The molecule has 0 aliphatic carbocycles. The van der Waals surface area contributed by atoms with E-state index in [4.69, 9.17) is 18.9 Å². The van der Waals surface area contributed by atoms with Crippen LogP contribution in [0.4, 0.5) is 0 Å². The van der Waals surface area contributed by atoms with Crippen molar-refractivity contribution in [1.82, 2.24) is 4.98 Å². The third kappa shape index (κ3) is 3.92. The van der Waals surface area contributed by atoms with Crippen molar-refractivity contribution >= 4 is 23.0 Å². The lowest BCUT2D eigenvalue weighted by Gasteiger charge is -2.13. The maximum atomic E-state index is 12.8. The van der Waals surface area contributed by atoms with Crippen LogP contribution in [0, 0.1) is 5.21 Å². The summed E-state index contributed by atoms with van der Waals surface area (Å²) in [6.45, 7) is 1.88. The van der Waals surface area contributed by atoms with Crippen LogP contribution in [-0.2, 0) is 25.6 Å². The van der Waals surface area contributed by atoms with Crippen molar-refractivity contribution in [3.63, 3.8) is 0 Å².